The molecular formula is C8H11N3O. The van der Waals surface area contributed by atoms with Crippen molar-refractivity contribution >= 4 is 5.78 Å². The molecule has 0 saturated heterocycles. The van der Waals surface area contributed by atoms with E-state index >= 15 is 0 Å². The van der Waals surface area contributed by atoms with Gasteiger partial charge >= 0.3 is 0 Å². The average Bonchev–Trinajstić information content (AvgIpc) is 2.71. The lowest BCUT2D eigenvalue weighted by molar-refractivity contribution is -0.119. The fourth-order valence-corrected chi connectivity index (χ4v) is 1.48. The Morgan fingerprint density at radius 2 is 2.33 bits per heavy atom. The lowest BCUT2D eigenvalue weighted by atomic mass is 9.99. The van der Waals surface area contributed by atoms with Crippen LogP contribution in [0.3, 0.4) is 0 Å². The molecule has 4 nitrogen and oxygen atoms in total. The molecule has 0 spiro atoms. The van der Waals surface area contributed by atoms with E-state index in [1.807, 2.05) is 13.2 Å². The number of hydrogen-bond acceptors (Lipinski definition) is 3. The van der Waals surface area contributed by atoms with Gasteiger partial charge in [0.1, 0.15) is 5.78 Å². The maximum absolute atomic E-state index is 11.3. The highest BCUT2D eigenvalue weighted by Gasteiger charge is 2.50. The fraction of sp³-hybridized carbons (Fsp3) is 0.625. The molecule has 0 atom stereocenters. The van der Waals surface area contributed by atoms with Crippen LogP contribution in [-0.4, -0.2) is 20.8 Å². The van der Waals surface area contributed by atoms with E-state index in [0.717, 1.165) is 18.5 Å². The minimum atomic E-state index is -0.270. The molecule has 0 aromatic carbocycles. The van der Waals surface area contributed by atoms with Crippen molar-refractivity contribution in [2.24, 2.45) is 7.05 Å². The number of aryl methyl sites for hydroxylation is 1. The molecule has 0 radical (unpaired) electrons. The van der Waals surface area contributed by atoms with Gasteiger partial charge < -0.3 is 0 Å². The van der Waals surface area contributed by atoms with E-state index in [1.54, 1.807) is 11.6 Å². The molecule has 64 valence electrons. The summed E-state index contributed by atoms with van der Waals surface area (Å²) >= 11 is 0. The number of rotatable bonds is 2. The number of carbonyl (C=O) groups is 1. The summed E-state index contributed by atoms with van der Waals surface area (Å²) in [6.07, 6.45) is 3.69. The van der Waals surface area contributed by atoms with Crippen LogP contribution in [0.4, 0.5) is 0 Å². The second-order valence-corrected chi connectivity index (χ2v) is 3.42. The summed E-state index contributed by atoms with van der Waals surface area (Å²) in [5, 5.41) is 7.78. The minimum Gasteiger partial charge on any atom is -0.299 e. The standard InChI is InChI=1S/C8H11N3O/c1-6(12)8(3-4-8)7-5-11(2)10-9-7/h5H,3-4H2,1-2H3. The molecule has 4 heteroatoms. The first-order valence-corrected chi connectivity index (χ1v) is 4.03. The van der Waals surface area contributed by atoms with Crippen LogP contribution in [0.25, 0.3) is 0 Å². The van der Waals surface area contributed by atoms with Crippen molar-refractivity contribution in [1.29, 1.82) is 0 Å². The van der Waals surface area contributed by atoms with Gasteiger partial charge in [-0.1, -0.05) is 5.21 Å². The molecule has 1 fully saturated rings. The maximum atomic E-state index is 11.3. The summed E-state index contributed by atoms with van der Waals surface area (Å²) < 4.78 is 1.64. The summed E-state index contributed by atoms with van der Waals surface area (Å²) in [6.45, 7) is 1.63. The van der Waals surface area contributed by atoms with Crippen LogP contribution >= 0.6 is 0 Å². The summed E-state index contributed by atoms with van der Waals surface area (Å²) in [5.74, 6) is 0.211. The minimum absolute atomic E-state index is 0.211. The number of Topliss-reactive ketones (excluding diaryl/α,β-unsaturated/α-hetero) is 1. The quantitative estimate of drug-likeness (QED) is 0.638. The lowest BCUT2D eigenvalue weighted by Crippen LogP contribution is -2.17. The van der Waals surface area contributed by atoms with Crippen molar-refractivity contribution in [1.82, 2.24) is 15.0 Å². The topological polar surface area (TPSA) is 47.8 Å². The molecule has 0 bridgehead atoms. The van der Waals surface area contributed by atoms with E-state index in [0.29, 0.717) is 0 Å². The molecule has 0 unspecified atom stereocenters. The Labute approximate surface area is 70.6 Å². The Kier molecular flexibility index (Phi) is 1.34. The monoisotopic (exact) mass is 165 g/mol. The van der Waals surface area contributed by atoms with Gasteiger partial charge in [-0.2, -0.15) is 0 Å². The van der Waals surface area contributed by atoms with Gasteiger partial charge in [-0.05, 0) is 19.8 Å². The van der Waals surface area contributed by atoms with E-state index in [4.69, 9.17) is 0 Å². The zero-order valence-electron chi connectivity index (χ0n) is 7.24. The van der Waals surface area contributed by atoms with Crippen LogP contribution in [0.5, 0.6) is 0 Å². The average molecular weight is 165 g/mol. The highest BCUT2D eigenvalue weighted by Crippen LogP contribution is 2.47. The predicted molar refractivity (Wildman–Crippen MR) is 42.6 cm³/mol. The first-order chi connectivity index (χ1) is 5.65. The van der Waals surface area contributed by atoms with Crippen LogP contribution < -0.4 is 0 Å². The van der Waals surface area contributed by atoms with Crippen molar-refractivity contribution in [3.63, 3.8) is 0 Å². The normalized spacial score (nSPS) is 19.2. The molecule has 0 aliphatic heterocycles. The van der Waals surface area contributed by atoms with E-state index < -0.39 is 0 Å². The number of carbonyl (C=O) groups excluding carboxylic acids is 1. The second kappa shape index (κ2) is 2.15. The molecule has 1 heterocycles. The Balaban J connectivity index is 2.36. The van der Waals surface area contributed by atoms with Crippen LogP contribution in [0.1, 0.15) is 25.5 Å². The van der Waals surface area contributed by atoms with Gasteiger partial charge in [-0.25, -0.2) is 0 Å². The third-order valence-corrected chi connectivity index (χ3v) is 2.52. The van der Waals surface area contributed by atoms with Crippen molar-refractivity contribution in [2.45, 2.75) is 25.2 Å². The summed E-state index contributed by atoms with van der Waals surface area (Å²) in [5.41, 5.74) is 0.561. The van der Waals surface area contributed by atoms with E-state index in [-0.39, 0.29) is 11.2 Å². The lowest BCUT2D eigenvalue weighted by Gasteiger charge is -2.04. The van der Waals surface area contributed by atoms with Crippen molar-refractivity contribution in [3.8, 4) is 0 Å². The van der Waals surface area contributed by atoms with Gasteiger partial charge in [0.25, 0.3) is 0 Å². The zero-order valence-corrected chi connectivity index (χ0v) is 7.24. The van der Waals surface area contributed by atoms with Gasteiger partial charge in [-0.15, -0.1) is 5.10 Å². The Morgan fingerprint density at radius 3 is 2.67 bits per heavy atom. The van der Waals surface area contributed by atoms with Crippen molar-refractivity contribution < 1.29 is 4.79 Å². The fourth-order valence-electron chi connectivity index (χ4n) is 1.48. The maximum Gasteiger partial charge on any atom is 0.142 e. The molecule has 2 rings (SSSR count). The van der Waals surface area contributed by atoms with Gasteiger partial charge in [0.2, 0.25) is 0 Å². The Bertz CT molecular complexity index is 325. The van der Waals surface area contributed by atoms with E-state index in [2.05, 4.69) is 10.3 Å². The second-order valence-electron chi connectivity index (χ2n) is 3.42. The van der Waals surface area contributed by atoms with Gasteiger partial charge in [0, 0.05) is 13.2 Å². The summed E-state index contributed by atoms with van der Waals surface area (Å²) in [6, 6.07) is 0. The molecule has 12 heavy (non-hydrogen) atoms. The molecule has 1 aromatic heterocycles. The Hall–Kier alpha value is -1.19. The van der Waals surface area contributed by atoms with Crippen LogP contribution in [0.15, 0.2) is 6.20 Å². The van der Waals surface area contributed by atoms with Crippen molar-refractivity contribution in [2.75, 3.05) is 0 Å². The van der Waals surface area contributed by atoms with Crippen LogP contribution in [0, 0.1) is 0 Å². The SMILES string of the molecule is CC(=O)C1(c2cn(C)nn2)CC1. The number of hydrogen-bond donors (Lipinski definition) is 0. The zero-order chi connectivity index (χ0) is 8.77. The third-order valence-electron chi connectivity index (χ3n) is 2.52. The first-order valence-electron chi connectivity index (χ1n) is 4.03. The molecule has 1 saturated carbocycles. The van der Waals surface area contributed by atoms with E-state index in [9.17, 15) is 4.79 Å². The van der Waals surface area contributed by atoms with Crippen LogP contribution in [-0.2, 0) is 17.3 Å². The highest BCUT2D eigenvalue weighted by atomic mass is 16.1. The van der Waals surface area contributed by atoms with Crippen LogP contribution in [0.2, 0.25) is 0 Å². The number of nitrogens with zero attached hydrogens (tertiary/aromatic N) is 3. The summed E-state index contributed by atoms with van der Waals surface area (Å²) in [7, 11) is 1.81. The third kappa shape index (κ3) is 0.873. The molecule has 0 amide bonds. The van der Waals surface area contributed by atoms with Gasteiger partial charge in [0.15, 0.2) is 0 Å². The highest BCUT2D eigenvalue weighted by molar-refractivity contribution is 5.90. The molecule has 1 aliphatic rings. The largest absolute Gasteiger partial charge is 0.299 e. The predicted octanol–water partition coefficient (Wildman–Crippen LogP) is 0.436. The number of aromatic nitrogens is 3. The molecule has 1 aliphatic carbocycles. The molecule has 0 N–H and O–H groups in total. The van der Waals surface area contributed by atoms with Gasteiger partial charge in [0.05, 0.1) is 11.1 Å². The van der Waals surface area contributed by atoms with Crippen molar-refractivity contribution in [3.05, 3.63) is 11.9 Å². The number of ketones is 1. The molecular weight excluding hydrogens is 154 g/mol. The molecule has 1 aromatic rings. The van der Waals surface area contributed by atoms with Gasteiger partial charge in [-0.3, -0.25) is 9.48 Å². The summed E-state index contributed by atoms with van der Waals surface area (Å²) in [4.78, 5) is 11.3. The Morgan fingerprint density at radius 1 is 1.67 bits per heavy atom. The smallest absolute Gasteiger partial charge is 0.142 e. The first kappa shape index (κ1) is 7.46. The van der Waals surface area contributed by atoms with E-state index in [1.165, 1.54) is 0 Å².